The Morgan fingerprint density at radius 1 is 1.31 bits per heavy atom. The van der Waals surface area contributed by atoms with E-state index in [1.807, 2.05) is 4.99 Å². The molecule has 7 heteroatoms. The molecule has 2 nitrogen and oxygen atoms in total. The van der Waals surface area contributed by atoms with Crippen LogP contribution < -0.4 is 23.1 Å². The minimum atomic E-state index is -4.56. The predicted molar refractivity (Wildman–Crippen MR) is 40.4 cm³/mol. The van der Waals surface area contributed by atoms with Crippen molar-refractivity contribution in [3.8, 4) is 0 Å². The molecule has 0 bridgehead atoms. The highest BCUT2D eigenvalue weighted by Crippen LogP contribution is 2.11. The van der Waals surface area contributed by atoms with Crippen LogP contribution in [-0.4, -0.2) is 12.0 Å². The lowest BCUT2D eigenvalue weighted by Gasteiger charge is -1.99. The van der Waals surface area contributed by atoms with Crippen molar-refractivity contribution in [2.75, 3.05) is 0 Å². The van der Waals surface area contributed by atoms with Crippen LogP contribution in [0.3, 0.4) is 0 Å². The summed E-state index contributed by atoms with van der Waals surface area (Å²) in [6.45, 7) is 3.14. The Hall–Kier alpha value is -0.420. The van der Waals surface area contributed by atoms with Crippen LogP contribution in [0.1, 0.15) is 13.8 Å². The van der Waals surface area contributed by atoms with Crippen LogP contribution in [0.4, 0.5) is 13.2 Å². The van der Waals surface area contributed by atoms with Gasteiger partial charge in [0.1, 0.15) is 0 Å². The van der Waals surface area contributed by atoms with Gasteiger partial charge in [-0.25, -0.2) is 4.99 Å². The summed E-state index contributed by atoms with van der Waals surface area (Å²) in [5, 5.41) is -0.107. The Kier molecular flexibility index (Phi) is 6.19. The number of nitrogens with two attached hydrogens (primary N) is 1. The van der Waals surface area contributed by atoms with Crippen LogP contribution in [0.25, 0.3) is 0 Å². The van der Waals surface area contributed by atoms with Crippen LogP contribution in [0.2, 0.25) is 0 Å². The van der Waals surface area contributed by atoms with Crippen molar-refractivity contribution in [3.05, 3.63) is 10.7 Å². The molecule has 78 valence electrons. The highest BCUT2D eigenvalue weighted by molar-refractivity contribution is 6.28. The average Bonchev–Trinajstić information content (AvgIpc) is 1.85. The fourth-order valence-corrected chi connectivity index (χ4v) is 0.416. The molecule has 0 amide bonds. The minimum absolute atomic E-state index is 0. The standard InChI is InChI=1S/C6H8ClF3N2.ClH/c1-3(2)4(7)12-5(11)6(8,9)10;/h1-2H3,(H2,11,12);1H. The smallest absolute Gasteiger partial charge is 0.494 e. The van der Waals surface area contributed by atoms with E-state index in [0.29, 0.717) is 5.57 Å². The van der Waals surface area contributed by atoms with Gasteiger partial charge in [0, 0.05) is 0 Å². The maximum absolute atomic E-state index is 11.8. The van der Waals surface area contributed by atoms with E-state index in [2.05, 4.69) is 5.73 Å². The summed E-state index contributed by atoms with van der Waals surface area (Å²) in [4.78, 5) is 1.83. The molecule has 0 heterocycles. The second-order valence-electron chi connectivity index (χ2n) is 2.35. The molecular formula is C6H9Cl2F3N2. The van der Waals surface area contributed by atoms with E-state index >= 15 is 0 Å². The number of nitrogens with one attached hydrogen (secondary N) is 1. The molecule has 0 saturated heterocycles. The molecule has 0 atom stereocenters. The lowest BCUT2D eigenvalue weighted by molar-refractivity contribution is -0.398. The Morgan fingerprint density at radius 3 is 1.92 bits per heavy atom. The van der Waals surface area contributed by atoms with E-state index in [1.165, 1.54) is 0 Å². The molecular weight excluding hydrogens is 228 g/mol. The van der Waals surface area contributed by atoms with Crippen molar-refractivity contribution >= 4 is 17.4 Å². The topological polar surface area (TPSA) is 40.0 Å². The third kappa shape index (κ3) is 5.76. The van der Waals surface area contributed by atoms with Gasteiger partial charge in [0.25, 0.3) is 0 Å². The average molecular weight is 237 g/mol. The van der Waals surface area contributed by atoms with Gasteiger partial charge in [-0.05, 0) is 31.0 Å². The van der Waals surface area contributed by atoms with Crippen molar-refractivity contribution in [3.63, 3.8) is 0 Å². The number of allylic oxidation sites excluding steroid dienone is 1. The monoisotopic (exact) mass is 236 g/mol. The third-order valence-electron chi connectivity index (χ3n) is 0.989. The van der Waals surface area contributed by atoms with Gasteiger partial charge in [0.2, 0.25) is 0 Å². The number of alkyl halides is 3. The Labute approximate surface area is 85.1 Å². The Bertz CT molecular complexity index is 229. The predicted octanol–water partition coefficient (Wildman–Crippen LogP) is -2.52. The van der Waals surface area contributed by atoms with Crippen LogP contribution >= 0.6 is 11.6 Å². The summed E-state index contributed by atoms with van der Waals surface area (Å²) in [6.07, 6.45) is -4.56. The quantitative estimate of drug-likeness (QED) is 0.295. The van der Waals surface area contributed by atoms with Gasteiger partial charge < -0.3 is 12.4 Å². The number of hydrogen-bond donors (Lipinski definition) is 2. The van der Waals surface area contributed by atoms with Gasteiger partial charge in [-0.3, -0.25) is 5.73 Å². The molecule has 0 saturated carbocycles. The third-order valence-corrected chi connectivity index (χ3v) is 1.46. The summed E-state index contributed by atoms with van der Waals surface area (Å²) < 4.78 is 35.3. The molecule has 0 aliphatic rings. The molecule has 0 rings (SSSR count). The maximum Gasteiger partial charge on any atom is 0.494 e. The molecule has 3 N–H and O–H groups in total. The maximum atomic E-state index is 11.8. The first kappa shape index (κ1) is 15.1. The molecule has 0 unspecified atom stereocenters. The Morgan fingerprint density at radius 2 is 1.69 bits per heavy atom. The van der Waals surface area contributed by atoms with Gasteiger partial charge in [0.05, 0.1) is 0 Å². The molecule has 13 heavy (non-hydrogen) atoms. The van der Waals surface area contributed by atoms with Crippen LogP contribution in [0.15, 0.2) is 10.7 Å². The van der Waals surface area contributed by atoms with Gasteiger partial charge in [-0.2, -0.15) is 13.2 Å². The zero-order chi connectivity index (χ0) is 9.94. The van der Waals surface area contributed by atoms with E-state index in [9.17, 15) is 13.2 Å². The van der Waals surface area contributed by atoms with E-state index in [4.69, 9.17) is 11.6 Å². The lowest BCUT2D eigenvalue weighted by atomic mass is 10.4. The van der Waals surface area contributed by atoms with E-state index in [1.54, 1.807) is 13.8 Å². The molecule has 0 aliphatic heterocycles. The van der Waals surface area contributed by atoms with E-state index in [0.717, 1.165) is 0 Å². The van der Waals surface area contributed by atoms with Gasteiger partial charge >= 0.3 is 12.0 Å². The molecule has 0 aromatic carbocycles. The van der Waals surface area contributed by atoms with Crippen molar-refractivity contribution < 1.29 is 30.6 Å². The van der Waals surface area contributed by atoms with Gasteiger partial charge in [-0.1, -0.05) is 0 Å². The zero-order valence-corrected chi connectivity index (χ0v) is 8.48. The van der Waals surface area contributed by atoms with Crippen LogP contribution in [0.5, 0.6) is 0 Å². The first-order valence-corrected chi connectivity index (χ1v) is 3.42. The largest absolute Gasteiger partial charge is 1.00 e. The summed E-state index contributed by atoms with van der Waals surface area (Å²) in [5.41, 5.74) is 5.18. The van der Waals surface area contributed by atoms with Crippen molar-refractivity contribution in [1.29, 1.82) is 0 Å². The SMILES string of the molecule is CC(C)=C(Cl)/[NH+]=C(/N)C(F)(F)F.[Cl-]. The molecule has 0 fully saturated rings. The van der Waals surface area contributed by atoms with Crippen molar-refractivity contribution in [2.45, 2.75) is 20.0 Å². The van der Waals surface area contributed by atoms with Crippen molar-refractivity contribution in [1.82, 2.24) is 0 Å². The summed E-state index contributed by atoms with van der Waals surface area (Å²) in [6, 6.07) is 0. The number of amidine groups is 1. The number of hydrogen-bond acceptors (Lipinski definition) is 0. The van der Waals surface area contributed by atoms with Gasteiger partial charge in [0.15, 0.2) is 5.16 Å². The van der Waals surface area contributed by atoms with E-state index in [-0.39, 0.29) is 17.6 Å². The molecule has 0 radical (unpaired) electrons. The summed E-state index contributed by atoms with van der Waals surface area (Å²) in [5.74, 6) is -1.31. The normalized spacial score (nSPS) is 12.0. The fourth-order valence-electron chi connectivity index (χ4n) is 0.314. The molecule has 0 aromatic heterocycles. The highest BCUT2D eigenvalue weighted by atomic mass is 35.5. The minimum Gasteiger partial charge on any atom is -1.00 e. The van der Waals surface area contributed by atoms with Crippen LogP contribution in [0, 0.1) is 0 Å². The zero-order valence-electron chi connectivity index (χ0n) is 6.97. The second-order valence-corrected chi connectivity index (χ2v) is 2.73. The van der Waals surface area contributed by atoms with Gasteiger partial charge in [-0.15, -0.1) is 0 Å². The summed E-state index contributed by atoms with van der Waals surface area (Å²) in [7, 11) is 0. The second kappa shape index (κ2) is 5.34. The number of halogens is 5. The first-order valence-electron chi connectivity index (χ1n) is 3.04. The molecule has 0 aromatic rings. The Balaban J connectivity index is 0. The summed E-state index contributed by atoms with van der Waals surface area (Å²) >= 11 is 5.38. The first-order chi connectivity index (χ1) is 5.25. The molecule has 0 spiro atoms. The van der Waals surface area contributed by atoms with Crippen LogP contribution in [-0.2, 0) is 0 Å². The fraction of sp³-hybridized carbons (Fsp3) is 0.500. The van der Waals surface area contributed by atoms with E-state index < -0.39 is 12.0 Å². The lowest BCUT2D eigenvalue weighted by Crippen LogP contribution is -3.00. The number of rotatable bonds is 1. The van der Waals surface area contributed by atoms with Crippen molar-refractivity contribution in [2.24, 2.45) is 5.73 Å². The highest BCUT2D eigenvalue weighted by Gasteiger charge is 2.39. The molecule has 0 aliphatic carbocycles.